The van der Waals surface area contributed by atoms with Gasteiger partial charge < -0.3 is 5.73 Å². The first-order valence-electron chi connectivity index (χ1n) is 6.76. The van der Waals surface area contributed by atoms with E-state index in [1.54, 1.807) is 6.92 Å². The highest BCUT2D eigenvalue weighted by Crippen LogP contribution is 2.27. The highest BCUT2D eigenvalue weighted by molar-refractivity contribution is 5.83. The average Bonchev–Trinajstić information content (AvgIpc) is 2.40. The van der Waals surface area contributed by atoms with Gasteiger partial charge in [-0.15, -0.1) is 0 Å². The maximum absolute atomic E-state index is 12.0. The first-order chi connectivity index (χ1) is 8.74. The van der Waals surface area contributed by atoms with Gasteiger partial charge in [-0.1, -0.05) is 30.7 Å². The molecule has 0 amide bonds. The van der Waals surface area contributed by atoms with Crippen molar-refractivity contribution in [2.45, 2.75) is 38.8 Å². The number of carbonyl (C=O) groups is 1. The average molecular weight is 246 g/mol. The summed E-state index contributed by atoms with van der Waals surface area (Å²) in [5.41, 5.74) is 7.97. The van der Waals surface area contributed by atoms with E-state index >= 15 is 0 Å². The van der Waals surface area contributed by atoms with Crippen LogP contribution in [0.15, 0.2) is 24.3 Å². The molecule has 2 N–H and O–H groups in total. The standard InChI is InChI=1S/C15H22N2O/c1-12(18)15(17-9-5-2-6-10-17)14-8-4-3-7-13(14)11-16/h3-4,7-8,15H,2,5-6,9-11,16H2,1H3. The lowest BCUT2D eigenvalue weighted by Gasteiger charge is -2.34. The van der Waals surface area contributed by atoms with Crippen LogP contribution in [0.1, 0.15) is 43.4 Å². The molecule has 2 rings (SSSR count). The fourth-order valence-electron chi connectivity index (χ4n) is 2.84. The third kappa shape index (κ3) is 2.79. The first kappa shape index (κ1) is 13.2. The number of likely N-dealkylation sites (tertiary alicyclic amines) is 1. The van der Waals surface area contributed by atoms with Crippen LogP contribution in [-0.4, -0.2) is 23.8 Å². The van der Waals surface area contributed by atoms with Crippen molar-refractivity contribution in [2.24, 2.45) is 5.73 Å². The smallest absolute Gasteiger partial charge is 0.151 e. The van der Waals surface area contributed by atoms with Gasteiger partial charge in [0.1, 0.15) is 0 Å². The van der Waals surface area contributed by atoms with E-state index in [2.05, 4.69) is 4.90 Å². The summed E-state index contributed by atoms with van der Waals surface area (Å²) >= 11 is 0. The minimum atomic E-state index is -0.106. The van der Waals surface area contributed by atoms with E-state index in [1.165, 1.54) is 19.3 Å². The molecule has 0 aromatic heterocycles. The van der Waals surface area contributed by atoms with E-state index in [4.69, 9.17) is 5.73 Å². The molecule has 0 bridgehead atoms. The molecule has 1 aliphatic heterocycles. The van der Waals surface area contributed by atoms with E-state index in [1.807, 2.05) is 24.3 Å². The Hall–Kier alpha value is -1.19. The monoisotopic (exact) mass is 246 g/mol. The molecule has 1 aromatic carbocycles. The number of piperidine rings is 1. The van der Waals surface area contributed by atoms with E-state index in [-0.39, 0.29) is 11.8 Å². The van der Waals surface area contributed by atoms with Crippen LogP contribution in [0.5, 0.6) is 0 Å². The molecule has 18 heavy (non-hydrogen) atoms. The minimum Gasteiger partial charge on any atom is -0.326 e. The van der Waals surface area contributed by atoms with Crippen molar-refractivity contribution < 1.29 is 4.79 Å². The predicted molar refractivity (Wildman–Crippen MR) is 73.2 cm³/mol. The topological polar surface area (TPSA) is 46.3 Å². The Balaban J connectivity index is 2.31. The van der Waals surface area contributed by atoms with Gasteiger partial charge >= 0.3 is 0 Å². The lowest BCUT2D eigenvalue weighted by atomic mass is 9.94. The second-order valence-electron chi connectivity index (χ2n) is 5.01. The van der Waals surface area contributed by atoms with E-state index in [0.717, 1.165) is 24.2 Å². The van der Waals surface area contributed by atoms with Crippen LogP contribution in [0.2, 0.25) is 0 Å². The molecule has 1 saturated heterocycles. The van der Waals surface area contributed by atoms with Crippen LogP contribution in [0.3, 0.4) is 0 Å². The van der Waals surface area contributed by atoms with Crippen LogP contribution in [0.4, 0.5) is 0 Å². The lowest BCUT2D eigenvalue weighted by Crippen LogP contribution is -2.37. The summed E-state index contributed by atoms with van der Waals surface area (Å²) in [4.78, 5) is 14.3. The van der Waals surface area contributed by atoms with Gasteiger partial charge in [0, 0.05) is 6.54 Å². The van der Waals surface area contributed by atoms with Crippen molar-refractivity contribution in [3.8, 4) is 0 Å². The van der Waals surface area contributed by atoms with Gasteiger partial charge in [0.25, 0.3) is 0 Å². The molecule has 1 aliphatic rings. The van der Waals surface area contributed by atoms with Crippen LogP contribution in [0, 0.1) is 0 Å². The zero-order valence-electron chi connectivity index (χ0n) is 11.1. The fourth-order valence-corrected chi connectivity index (χ4v) is 2.84. The molecule has 1 fully saturated rings. The van der Waals surface area contributed by atoms with Crippen LogP contribution in [0.25, 0.3) is 0 Å². The number of hydrogen-bond donors (Lipinski definition) is 1. The molecule has 3 heteroatoms. The molecule has 0 saturated carbocycles. The van der Waals surface area contributed by atoms with Gasteiger partial charge in [0.2, 0.25) is 0 Å². The van der Waals surface area contributed by atoms with E-state index < -0.39 is 0 Å². The first-order valence-corrected chi connectivity index (χ1v) is 6.76. The zero-order valence-corrected chi connectivity index (χ0v) is 11.1. The van der Waals surface area contributed by atoms with E-state index in [0.29, 0.717) is 6.54 Å². The number of Topliss-reactive ketones (excluding diaryl/α,β-unsaturated/α-hetero) is 1. The molecule has 3 nitrogen and oxygen atoms in total. The summed E-state index contributed by atoms with van der Waals surface area (Å²) in [7, 11) is 0. The van der Waals surface area contributed by atoms with Gasteiger partial charge in [-0.25, -0.2) is 0 Å². The van der Waals surface area contributed by atoms with E-state index in [9.17, 15) is 4.79 Å². The molecule has 0 spiro atoms. The Morgan fingerprint density at radius 1 is 1.28 bits per heavy atom. The fraction of sp³-hybridized carbons (Fsp3) is 0.533. The molecule has 1 unspecified atom stereocenters. The summed E-state index contributed by atoms with van der Waals surface area (Å²) in [5, 5.41) is 0. The maximum Gasteiger partial charge on any atom is 0.151 e. The van der Waals surface area contributed by atoms with Crippen LogP contribution in [-0.2, 0) is 11.3 Å². The number of nitrogens with zero attached hydrogens (tertiary/aromatic N) is 1. The predicted octanol–water partition coefficient (Wildman–Crippen LogP) is 2.26. The minimum absolute atomic E-state index is 0.106. The van der Waals surface area contributed by atoms with Gasteiger partial charge in [0.15, 0.2) is 5.78 Å². The number of ketones is 1. The van der Waals surface area contributed by atoms with Crippen molar-refractivity contribution in [3.63, 3.8) is 0 Å². The lowest BCUT2D eigenvalue weighted by molar-refractivity contribution is -0.122. The molecular weight excluding hydrogens is 224 g/mol. The molecule has 1 heterocycles. The summed E-state index contributed by atoms with van der Waals surface area (Å²) in [6, 6.07) is 7.94. The summed E-state index contributed by atoms with van der Waals surface area (Å²) in [5.74, 6) is 0.220. The summed E-state index contributed by atoms with van der Waals surface area (Å²) in [6.45, 7) is 4.21. The SMILES string of the molecule is CC(=O)C(c1ccccc1CN)N1CCCCC1. The van der Waals surface area contributed by atoms with Crippen molar-refractivity contribution in [3.05, 3.63) is 35.4 Å². The molecule has 1 aromatic rings. The number of carbonyl (C=O) groups excluding carboxylic acids is 1. The van der Waals surface area contributed by atoms with Gasteiger partial charge in [0.05, 0.1) is 6.04 Å². The van der Waals surface area contributed by atoms with Gasteiger partial charge in [-0.05, 0) is 44.0 Å². The Morgan fingerprint density at radius 2 is 1.94 bits per heavy atom. The van der Waals surface area contributed by atoms with Crippen molar-refractivity contribution in [2.75, 3.05) is 13.1 Å². The largest absolute Gasteiger partial charge is 0.326 e. The Labute approximate surface area is 109 Å². The highest BCUT2D eigenvalue weighted by Gasteiger charge is 2.27. The number of hydrogen-bond acceptors (Lipinski definition) is 3. The summed E-state index contributed by atoms with van der Waals surface area (Å²) in [6.07, 6.45) is 3.66. The van der Waals surface area contributed by atoms with Gasteiger partial charge in [-0.3, -0.25) is 9.69 Å². The second-order valence-corrected chi connectivity index (χ2v) is 5.01. The maximum atomic E-state index is 12.0. The molecule has 0 radical (unpaired) electrons. The number of rotatable bonds is 4. The summed E-state index contributed by atoms with van der Waals surface area (Å²) < 4.78 is 0. The van der Waals surface area contributed by atoms with Crippen LogP contribution < -0.4 is 5.73 Å². The Bertz CT molecular complexity index is 411. The highest BCUT2D eigenvalue weighted by atomic mass is 16.1. The van der Waals surface area contributed by atoms with Crippen molar-refractivity contribution in [1.82, 2.24) is 4.90 Å². The zero-order chi connectivity index (χ0) is 13.0. The third-order valence-electron chi connectivity index (χ3n) is 3.71. The number of benzene rings is 1. The Morgan fingerprint density at radius 3 is 2.56 bits per heavy atom. The Kier molecular flexibility index (Phi) is 4.50. The van der Waals surface area contributed by atoms with Crippen LogP contribution >= 0.6 is 0 Å². The third-order valence-corrected chi connectivity index (χ3v) is 3.71. The quantitative estimate of drug-likeness (QED) is 0.886. The molecule has 98 valence electrons. The second kappa shape index (κ2) is 6.12. The normalized spacial score (nSPS) is 18.6. The molecule has 0 aliphatic carbocycles. The molecule has 1 atom stereocenters. The van der Waals surface area contributed by atoms with Crippen molar-refractivity contribution >= 4 is 5.78 Å². The number of nitrogens with two attached hydrogens (primary N) is 1. The van der Waals surface area contributed by atoms with Crippen molar-refractivity contribution in [1.29, 1.82) is 0 Å². The molecular formula is C15H22N2O. The van der Waals surface area contributed by atoms with Gasteiger partial charge in [-0.2, -0.15) is 0 Å².